The first-order chi connectivity index (χ1) is 7.45. The lowest BCUT2D eigenvalue weighted by Crippen LogP contribution is -2.57. The number of piperidine rings is 1. The molecule has 4 N–H and O–H groups in total. The van der Waals surface area contributed by atoms with Crippen molar-refractivity contribution in [1.82, 2.24) is 10.6 Å². The van der Waals surface area contributed by atoms with Gasteiger partial charge in [-0.1, -0.05) is 13.3 Å². The van der Waals surface area contributed by atoms with Crippen LogP contribution in [0.4, 0.5) is 0 Å². The van der Waals surface area contributed by atoms with Crippen molar-refractivity contribution >= 4 is 24.2 Å². The van der Waals surface area contributed by atoms with E-state index in [9.17, 15) is 9.59 Å². The smallest absolute Gasteiger partial charge is 0.240 e. The standard InChI is InChI=1S/C11H21N3O2.ClH/c1-3-6-11(2,12)10(16)14-8-4-5-9(15)13-7-8;/h8H,3-7,12H2,1-2H3,(H,13,15)(H,14,16);1H. The van der Waals surface area contributed by atoms with E-state index in [1.165, 1.54) is 0 Å². The van der Waals surface area contributed by atoms with E-state index >= 15 is 0 Å². The highest BCUT2D eigenvalue weighted by Crippen LogP contribution is 2.10. The lowest BCUT2D eigenvalue weighted by atomic mass is 9.95. The van der Waals surface area contributed by atoms with Crippen molar-refractivity contribution in [2.24, 2.45) is 5.73 Å². The maximum atomic E-state index is 11.9. The quantitative estimate of drug-likeness (QED) is 0.683. The second kappa shape index (κ2) is 6.81. The van der Waals surface area contributed by atoms with Gasteiger partial charge in [-0.25, -0.2) is 0 Å². The summed E-state index contributed by atoms with van der Waals surface area (Å²) < 4.78 is 0. The molecule has 1 heterocycles. The van der Waals surface area contributed by atoms with Crippen LogP contribution in [0.25, 0.3) is 0 Å². The number of halogens is 1. The molecule has 0 aromatic rings. The first kappa shape index (κ1) is 16.2. The summed E-state index contributed by atoms with van der Waals surface area (Å²) in [6.45, 7) is 4.25. The molecule has 0 aromatic carbocycles. The normalized spacial score (nSPS) is 23.0. The molecule has 0 aromatic heterocycles. The second-order valence-corrected chi connectivity index (χ2v) is 4.68. The van der Waals surface area contributed by atoms with Crippen molar-refractivity contribution in [3.05, 3.63) is 0 Å². The van der Waals surface area contributed by atoms with Crippen molar-refractivity contribution in [3.8, 4) is 0 Å². The van der Waals surface area contributed by atoms with E-state index in [0.717, 1.165) is 6.42 Å². The highest BCUT2D eigenvalue weighted by Gasteiger charge is 2.30. The van der Waals surface area contributed by atoms with Crippen molar-refractivity contribution in [3.63, 3.8) is 0 Å². The molecule has 1 saturated heterocycles. The number of hydrogen-bond donors (Lipinski definition) is 3. The maximum absolute atomic E-state index is 11.9. The lowest BCUT2D eigenvalue weighted by molar-refractivity contribution is -0.128. The molecule has 5 nitrogen and oxygen atoms in total. The number of nitrogens with one attached hydrogen (secondary N) is 2. The zero-order valence-corrected chi connectivity index (χ0v) is 11.2. The summed E-state index contributed by atoms with van der Waals surface area (Å²) in [4.78, 5) is 22.8. The Labute approximate surface area is 108 Å². The van der Waals surface area contributed by atoms with E-state index in [-0.39, 0.29) is 30.3 Å². The van der Waals surface area contributed by atoms with Gasteiger partial charge in [0.05, 0.1) is 5.54 Å². The molecule has 0 radical (unpaired) electrons. The van der Waals surface area contributed by atoms with Crippen LogP contribution in [-0.4, -0.2) is 29.9 Å². The Morgan fingerprint density at radius 2 is 2.29 bits per heavy atom. The first-order valence-corrected chi connectivity index (χ1v) is 5.82. The Balaban J connectivity index is 0.00000256. The summed E-state index contributed by atoms with van der Waals surface area (Å²) in [6, 6.07) is 0.0185. The molecule has 2 amide bonds. The third-order valence-electron chi connectivity index (χ3n) is 2.89. The van der Waals surface area contributed by atoms with E-state index in [1.54, 1.807) is 6.92 Å². The van der Waals surface area contributed by atoms with Crippen molar-refractivity contribution < 1.29 is 9.59 Å². The van der Waals surface area contributed by atoms with Crippen LogP contribution in [0.3, 0.4) is 0 Å². The number of rotatable bonds is 4. The van der Waals surface area contributed by atoms with E-state index in [0.29, 0.717) is 25.8 Å². The molecule has 2 atom stereocenters. The van der Waals surface area contributed by atoms with Crippen LogP contribution < -0.4 is 16.4 Å². The molecule has 1 rings (SSSR count). The largest absolute Gasteiger partial charge is 0.354 e. The minimum atomic E-state index is -0.809. The molecule has 0 bridgehead atoms. The summed E-state index contributed by atoms with van der Waals surface area (Å²) in [7, 11) is 0. The van der Waals surface area contributed by atoms with Gasteiger partial charge in [-0.3, -0.25) is 9.59 Å². The van der Waals surface area contributed by atoms with E-state index in [1.807, 2.05) is 6.92 Å². The first-order valence-electron chi connectivity index (χ1n) is 5.82. The highest BCUT2D eigenvalue weighted by molar-refractivity contribution is 5.86. The van der Waals surface area contributed by atoms with Gasteiger partial charge in [-0.05, 0) is 19.8 Å². The zero-order valence-electron chi connectivity index (χ0n) is 10.4. The summed E-state index contributed by atoms with van der Waals surface area (Å²) in [6.07, 6.45) is 2.71. The fraction of sp³-hybridized carbons (Fsp3) is 0.818. The van der Waals surface area contributed by atoms with Gasteiger partial charge in [0.15, 0.2) is 0 Å². The monoisotopic (exact) mass is 263 g/mol. The molecular formula is C11H22ClN3O2. The van der Waals surface area contributed by atoms with Crippen LogP contribution in [0.5, 0.6) is 0 Å². The fourth-order valence-electron chi connectivity index (χ4n) is 1.84. The van der Waals surface area contributed by atoms with Gasteiger partial charge >= 0.3 is 0 Å². The number of amides is 2. The SMILES string of the molecule is CCCC(C)(N)C(=O)NC1CCC(=O)NC1.Cl. The predicted octanol–water partition coefficient (Wildman–Crippen LogP) is 0.320. The Hall–Kier alpha value is -0.810. The van der Waals surface area contributed by atoms with Crippen LogP contribution in [0.15, 0.2) is 0 Å². The second-order valence-electron chi connectivity index (χ2n) is 4.68. The molecule has 0 saturated carbocycles. The van der Waals surface area contributed by atoms with Gasteiger partial charge in [0, 0.05) is 19.0 Å². The van der Waals surface area contributed by atoms with Crippen LogP contribution in [0.1, 0.15) is 39.5 Å². The Morgan fingerprint density at radius 1 is 1.65 bits per heavy atom. The molecule has 1 aliphatic rings. The van der Waals surface area contributed by atoms with Gasteiger partial charge in [-0.2, -0.15) is 0 Å². The van der Waals surface area contributed by atoms with E-state index < -0.39 is 5.54 Å². The predicted molar refractivity (Wildman–Crippen MR) is 68.9 cm³/mol. The maximum Gasteiger partial charge on any atom is 0.240 e. The molecule has 0 spiro atoms. The van der Waals surface area contributed by atoms with Crippen molar-refractivity contribution in [2.75, 3.05) is 6.54 Å². The van der Waals surface area contributed by atoms with E-state index in [4.69, 9.17) is 5.73 Å². The summed E-state index contributed by atoms with van der Waals surface area (Å²) in [5.41, 5.74) is 5.11. The molecule has 1 aliphatic heterocycles. The minimum Gasteiger partial charge on any atom is -0.354 e. The van der Waals surface area contributed by atoms with Crippen LogP contribution >= 0.6 is 12.4 Å². The van der Waals surface area contributed by atoms with Gasteiger partial charge in [0.2, 0.25) is 11.8 Å². The third kappa shape index (κ3) is 4.91. The highest BCUT2D eigenvalue weighted by atomic mass is 35.5. The van der Waals surface area contributed by atoms with E-state index in [2.05, 4.69) is 10.6 Å². The third-order valence-corrected chi connectivity index (χ3v) is 2.89. The van der Waals surface area contributed by atoms with Crippen LogP contribution in [0.2, 0.25) is 0 Å². The van der Waals surface area contributed by atoms with Crippen LogP contribution in [-0.2, 0) is 9.59 Å². The summed E-state index contributed by atoms with van der Waals surface area (Å²) in [5, 5.41) is 5.61. The topological polar surface area (TPSA) is 84.2 Å². The van der Waals surface area contributed by atoms with Gasteiger partial charge < -0.3 is 16.4 Å². The average molecular weight is 264 g/mol. The van der Waals surface area contributed by atoms with Crippen molar-refractivity contribution in [2.45, 2.75) is 51.1 Å². The van der Waals surface area contributed by atoms with Gasteiger partial charge in [0.25, 0.3) is 0 Å². The Bertz CT molecular complexity index is 272. The zero-order chi connectivity index (χ0) is 12.2. The Morgan fingerprint density at radius 3 is 2.76 bits per heavy atom. The van der Waals surface area contributed by atoms with Gasteiger partial charge in [0.1, 0.15) is 0 Å². The lowest BCUT2D eigenvalue weighted by Gasteiger charge is -2.29. The molecule has 0 aliphatic carbocycles. The number of hydrogen-bond acceptors (Lipinski definition) is 3. The number of carbonyl (C=O) groups excluding carboxylic acids is 2. The molecular weight excluding hydrogens is 242 g/mol. The number of nitrogens with two attached hydrogens (primary N) is 1. The Kier molecular flexibility index (Phi) is 6.49. The van der Waals surface area contributed by atoms with Crippen molar-refractivity contribution in [1.29, 1.82) is 0 Å². The summed E-state index contributed by atoms with van der Waals surface area (Å²) in [5.74, 6) is -0.0786. The van der Waals surface area contributed by atoms with Gasteiger partial charge in [-0.15, -0.1) is 12.4 Å². The molecule has 2 unspecified atom stereocenters. The molecule has 6 heteroatoms. The molecule has 100 valence electrons. The molecule has 17 heavy (non-hydrogen) atoms. The molecule has 1 fully saturated rings. The van der Waals surface area contributed by atoms with Crippen LogP contribution in [0, 0.1) is 0 Å². The summed E-state index contributed by atoms with van der Waals surface area (Å²) >= 11 is 0. The average Bonchev–Trinajstić information content (AvgIpc) is 2.21. The minimum absolute atomic E-state index is 0. The number of carbonyl (C=O) groups is 2. The fourth-order valence-corrected chi connectivity index (χ4v) is 1.84.